The van der Waals surface area contributed by atoms with E-state index in [9.17, 15) is 4.57 Å². The highest BCUT2D eigenvalue weighted by atomic mass is 35.9. The molecule has 0 fully saturated rings. The van der Waals surface area contributed by atoms with Gasteiger partial charge in [-0.2, -0.15) is 0 Å². The average Bonchev–Trinajstić information content (AvgIpc) is 2.03. The second-order valence-corrected chi connectivity index (χ2v) is 7.69. The largest absolute Gasteiger partial charge is 0.378 e. The molecule has 72 valence electrons. The first-order valence-electron chi connectivity index (χ1n) is 3.68. The van der Waals surface area contributed by atoms with Gasteiger partial charge in [-0.1, -0.05) is 0 Å². The van der Waals surface area contributed by atoms with E-state index < -0.39 is 5.85 Å². The van der Waals surface area contributed by atoms with Gasteiger partial charge in [-0.05, 0) is 46.7 Å². The van der Waals surface area contributed by atoms with Crippen molar-refractivity contribution in [3.63, 3.8) is 0 Å². The van der Waals surface area contributed by atoms with Gasteiger partial charge in [0.1, 0.15) is 0 Å². The Bertz CT molecular complexity index is 331. The molecule has 13 heavy (non-hydrogen) atoms. The van der Waals surface area contributed by atoms with Crippen LogP contribution in [0.3, 0.4) is 0 Å². The summed E-state index contributed by atoms with van der Waals surface area (Å²) in [5, 5.41) is 0.474. The molecule has 0 amide bonds. The lowest BCUT2D eigenvalue weighted by Crippen LogP contribution is -2.09. The van der Waals surface area contributed by atoms with Crippen LogP contribution < -0.4 is 10.2 Å². The van der Waals surface area contributed by atoms with Gasteiger partial charge in [-0.25, -0.2) is 0 Å². The Kier molecular flexibility index (Phi) is 3.28. The third-order valence-electron chi connectivity index (χ3n) is 1.67. The van der Waals surface area contributed by atoms with Gasteiger partial charge in [-0.3, -0.25) is 4.57 Å². The number of hydrogen-bond acceptors (Lipinski definition) is 2. The molecule has 1 aromatic rings. The van der Waals surface area contributed by atoms with E-state index in [1.54, 1.807) is 12.1 Å². The molecule has 0 radical (unpaired) electrons. The Balaban J connectivity index is 3.01. The van der Waals surface area contributed by atoms with Gasteiger partial charge in [-0.15, -0.1) is 0 Å². The van der Waals surface area contributed by atoms with E-state index >= 15 is 0 Å². The Labute approximate surface area is 87.4 Å². The van der Waals surface area contributed by atoms with Crippen molar-refractivity contribution >= 4 is 39.3 Å². The molecular formula is C8H10Cl2NOP. The summed E-state index contributed by atoms with van der Waals surface area (Å²) in [5.74, 6) is -3.14. The maximum atomic E-state index is 11.2. The summed E-state index contributed by atoms with van der Waals surface area (Å²) in [5.41, 5.74) is 1.02. The molecule has 0 heterocycles. The quantitative estimate of drug-likeness (QED) is 0.738. The summed E-state index contributed by atoms with van der Waals surface area (Å²) in [6, 6.07) is 7.01. The van der Waals surface area contributed by atoms with E-state index in [2.05, 4.69) is 0 Å². The van der Waals surface area contributed by atoms with Crippen LogP contribution in [0.25, 0.3) is 0 Å². The molecule has 0 atom stereocenters. The van der Waals surface area contributed by atoms with Crippen molar-refractivity contribution in [2.45, 2.75) is 0 Å². The SMILES string of the molecule is CN(C)c1ccc(P(=O)(Cl)Cl)cc1. The van der Waals surface area contributed by atoms with E-state index in [1.807, 2.05) is 31.1 Å². The van der Waals surface area contributed by atoms with Gasteiger partial charge in [0.05, 0.1) is 0 Å². The zero-order chi connectivity index (χ0) is 10.1. The first kappa shape index (κ1) is 10.9. The van der Waals surface area contributed by atoms with E-state index in [1.165, 1.54) is 0 Å². The van der Waals surface area contributed by atoms with Crippen LogP contribution in [0.2, 0.25) is 0 Å². The van der Waals surface area contributed by atoms with E-state index in [0.29, 0.717) is 5.30 Å². The minimum atomic E-state index is -3.14. The maximum Gasteiger partial charge on any atom is 0.281 e. The van der Waals surface area contributed by atoms with Gasteiger partial charge >= 0.3 is 0 Å². The average molecular weight is 238 g/mol. The smallest absolute Gasteiger partial charge is 0.281 e. The second kappa shape index (κ2) is 3.91. The van der Waals surface area contributed by atoms with Crippen LogP contribution in [-0.4, -0.2) is 14.1 Å². The van der Waals surface area contributed by atoms with Crippen LogP contribution in [0.1, 0.15) is 0 Å². The summed E-state index contributed by atoms with van der Waals surface area (Å²) in [6.07, 6.45) is 0. The number of halogens is 2. The molecule has 0 saturated carbocycles. The van der Waals surface area contributed by atoms with Gasteiger partial charge in [0, 0.05) is 25.1 Å². The first-order valence-corrected chi connectivity index (χ1v) is 7.20. The molecule has 0 spiro atoms. The number of hydrogen-bond donors (Lipinski definition) is 0. The fraction of sp³-hybridized carbons (Fsp3) is 0.250. The summed E-state index contributed by atoms with van der Waals surface area (Å²) >= 11 is 11.0. The lowest BCUT2D eigenvalue weighted by molar-refractivity contribution is 0.597. The van der Waals surface area contributed by atoms with Crippen LogP contribution in [0.15, 0.2) is 24.3 Å². The van der Waals surface area contributed by atoms with Crippen LogP contribution in [0, 0.1) is 0 Å². The normalized spacial score (nSPS) is 11.4. The van der Waals surface area contributed by atoms with E-state index in [-0.39, 0.29) is 0 Å². The summed E-state index contributed by atoms with van der Waals surface area (Å²) in [7, 11) is 3.85. The van der Waals surface area contributed by atoms with Crippen LogP contribution in [0.5, 0.6) is 0 Å². The molecule has 0 aliphatic rings. The number of anilines is 1. The maximum absolute atomic E-state index is 11.2. The van der Waals surface area contributed by atoms with Gasteiger partial charge in [0.2, 0.25) is 0 Å². The molecule has 0 N–H and O–H groups in total. The zero-order valence-electron chi connectivity index (χ0n) is 7.37. The van der Waals surface area contributed by atoms with Crippen molar-refractivity contribution in [2.24, 2.45) is 0 Å². The standard InChI is InChI=1S/C8H10Cl2NOP/c1-11(2)7-3-5-8(6-4-7)13(9,10)12/h3-6H,1-2H3. The molecule has 2 nitrogen and oxygen atoms in total. The molecule has 1 rings (SSSR count). The third kappa shape index (κ3) is 2.91. The minimum absolute atomic E-state index is 0.474. The van der Waals surface area contributed by atoms with Crippen molar-refractivity contribution < 1.29 is 4.57 Å². The molecule has 1 aromatic carbocycles. The summed E-state index contributed by atoms with van der Waals surface area (Å²) in [6.45, 7) is 0. The molecular weight excluding hydrogens is 228 g/mol. The first-order chi connectivity index (χ1) is 5.91. The Hall–Kier alpha value is -0.170. The van der Waals surface area contributed by atoms with E-state index in [4.69, 9.17) is 22.5 Å². The molecule has 0 bridgehead atoms. The van der Waals surface area contributed by atoms with Crippen molar-refractivity contribution in [3.05, 3.63) is 24.3 Å². The summed E-state index contributed by atoms with van der Waals surface area (Å²) in [4.78, 5) is 1.94. The molecule has 0 aromatic heterocycles. The molecule has 0 saturated heterocycles. The highest BCUT2D eigenvalue weighted by molar-refractivity contribution is 8.13. The van der Waals surface area contributed by atoms with Crippen molar-refractivity contribution in [1.29, 1.82) is 0 Å². The zero-order valence-corrected chi connectivity index (χ0v) is 9.77. The van der Waals surface area contributed by atoms with E-state index in [0.717, 1.165) is 5.69 Å². The monoisotopic (exact) mass is 237 g/mol. The predicted octanol–water partition coefficient (Wildman–Crippen LogP) is 3.05. The Morgan fingerprint density at radius 3 is 1.92 bits per heavy atom. The topological polar surface area (TPSA) is 20.3 Å². The predicted molar refractivity (Wildman–Crippen MR) is 59.7 cm³/mol. The number of rotatable bonds is 2. The number of nitrogens with zero attached hydrogens (tertiary/aromatic N) is 1. The van der Waals surface area contributed by atoms with Crippen LogP contribution >= 0.6 is 28.3 Å². The van der Waals surface area contributed by atoms with Gasteiger partial charge in [0.25, 0.3) is 5.85 Å². The Morgan fingerprint density at radius 1 is 1.15 bits per heavy atom. The fourth-order valence-corrected chi connectivity index (χ4v) is 2.10. The van der Waals surface area contributed by atoms with Gasteiger partial charge < -0.3 is 4.90 Å². The van der Waals surface area contributed by atoms with Crippen molar-refractivity contribution in [3.8, 4) is 0 Å². The molecule has 0 unspecified atom stereocenters. The van der Waals surface area contributed by atoms with Crippen molar-refractivity contribution in [1.82, 2.24) is 0 Å². The third-order valence-corrected chi connectivity index (χ3v) is 3.74. The molecule has 0 aliphatic carbocycles. The Morgan fingerprint density at radius 2 is 1.62 bits per heavy atom. The lowest BCUT2D eigenvalue weighted by Gasteiger charge is -2.12. The highest BCUT2D eigenvalue weighted by Gasteiger charge is 2.16. The second-order valence-electron chi connectivity index (χ2n) is 2.87. The molecule has 0 aliphatic heterocycles. The number of benzene rings is 1. The fourth-order valence-electron chi connectivity index (χ4n) is 0.924. The van der Waals surface area contributed by atoms with Gasteiger partial charge in [0.15, 0.2) is 0 Å². The van der Waals surface area contributed by atoms with Crippen LogP contribution in [-0.2, 0) is 4.57 Å². The van der Waals surface area contributed by atoms with Crippen molar-refractivity contribution in [2.75, 3.05) is 19.0 Å². The van der Waals surface area contributed by atoms with Crippen LogP contribution in [0.4, 0.5) is 5.69 Å². The minimum Gasteiger partial charge on any atom is -0.378 e. The lowest BCUT2D eigenvalue weighted by atomic mass is 10.3. The summed E-state index contributed by atoms with van der Waals surface area (Å²) < 4.78 is 11.2. The highest BCUT2D eigenvalue weighted by Crippen LogP contribution is 2.55. The molecule has 5 heteroatoms.